The summed E-state index contributed by atoms with van der Waals surface area (Å²) in [6, 6.07) is 1.64. The highest BCUT2D eigenvalue weighted by molar-refractivity contribution is 5.47. The number of anilines is 1. The van der Waals surface area contributed by atoms with Gasteiger partial charge >= 0.3 is 0 Å². The summed E-state index contributed by atoms with van der Waals surface area (Å²) in [5.74, 6) is 0. The quantitative estimate of drug-likeness (QED) is 0.571. The molecule has 0 spiro atoms. The summed E-state index contributed by atoms with van der Waals surface area (Å²) in [6.45, 7) is 1.74. The molecule has 0 bridgehead atoms. The first-order chi connectivity index (χ1) is 5.58. The third-order valence-electron chi connectivity index (χ3n) is 1.83. The van der Waals surface area contributed by atoms with Gasteiger partial charge in [-0.25, -0.2) is 0 Å². The third kappa shape index (κ3) is 1.54. The van der Waals surface area contributed by atoms with Crippen LogP contribution in [-0.2, 0) is 5.60 Å². The molecule has 1 aromatic rings. The van der Waals surface area contributed by atoms with Crippen molar-refractivity contribution in [3.05, 3.63) is 24.0 Å². The van der Waals surface area contributed by atoms with Crippen LogP contribution in [-0.4, -0.2) is 16.6 Å². The number of nitrogens with two attached hydrogens (primary N) is 2. The number of pyridine rings is 1. The van der Waals surface area contributed by atoms with Gasteiger partial charge in [0.1, 0.15) is 5.60 Å². The van der Waals surface area contributed by atoms with Crippen molar-refractivity contribution < 1.29 is 5.11 Å². The minimum atomic E-state index is -1.08. The Kier molecular flexibility index (Phi) is 2.30. The summed E-state index contributed by atoms with van der Waals surface area (Å²) in [5.41, 5.74) is 11.0. The van der Waals surface area contributed by atoms with E-state index < -0.39 is 5.60 Å². The van der Waals surface area contributed by atoms with Gasteiger partial charge in [0.25, 0.3) is 0 Å². The van der Waals surface area contributed by atoms with Gasteiger partial charge in [0.2, 0.25) is 0 Å². The highest BCUT2D eigenvalue weighted by Gasteiger charge is 2.23. The zero-order chi connectivity index (χ0) is 9.19. The van der Waals surface area contributed by atoms with Crippen molar-refractivity contribution in [2.75, 3.05) is 12.3 Å². The monoisotopic (exact) mass is 167 g/mol. The van der Waals surface area contributed by atoms with Crippen LogP contribution in [0.5, 0.6) is 0 Å². The van der Waals surface area contributed by atoms with Crippen LogP contribution in [0, 0.1) is 0 Å². The lowest BCUT2D eigenvalue weighted by Crippen LogP contribution is -2.32. The Morgan fingerprint density at radius 2 is 2.33 bits per heavy atom. The van der Waals surface area contributed by atoms with Crippen molar-refractivity contribution in [1.29, 1.82) is 0 Å². The molecule has 66 valence electrons. The molecule has 5 N–H and O–H groups in total. The molecule has 0 radical (unpaired) electrons. The van der Waals surface area contributed by atoms with Crippen molar-refractivity contribution in [3.63, 3.8) is 0 Å². The molecule has 0 saturated carbocycles. The summed E-state index contributed by atoms with van der Waals surface area (Å²) in [7, 11) is 0. The van der Waals surface area contributed by atoms with Crippen molar-refractivity contribution in [1.82, 2.24) is 4.98 Å². The SMILES string of the molecule is CC(O)(CN)c1cnccc1N. The normalized spacial score (nSPS) is 15.6. The molecular formula is C8H13N3O. The molecule has 12 heavy (non-hydrogen) atoms. The van der Waals surface area contributed by atoms with Gasteiger partial charge in [0.05, 0.1) is 0 Å². The molecule has 0 aliphatic carbocycles. The van der Waals surface area contributed by atoms with Crippen LogP contribution in [0.25, 0.3) is 0 Å². The predicted octanol–water partition coefficient (Wildman–Crippen LogP) is -0.170. The van der Waals surface area contributed by atoms with E-state index in [-0.39, 0.29) is 6.54 Å². The van der Waals surface area contributed by atoms with Crippen molar-refractivity contribution in [2.24, 2.45) is 5.73 Å². The molecule has 1 rings (SSSR count). The Morgan fingerprint density at radius 3 is 2.83 bits per heavy atom. The molecule has 0 aliphatic rings. The average molecular weight is 167 g/mol. The smallest absolute Gasteiger partial charge is 0.102 e. The molecular weight excluding hydrogens is 154 g/mol. The number of nitrogens with zero attached hydrogens (tertiary/aromatic N) is 1. The third-order valence-corrected chi connectivity index (χ3v) is 1.83. The fraction of sp³-hybridized carbons (Fsp3) is 0.375. The molecule has 1 aromatic heterocycles. The molecule has 0 saturated heterocycles. The number of aliphatic hydroxyl groups is 1. The first-order valence-corrected chi connectivity index (χ1v) is 3.70. The van der Waals surface area contributed by atoms with E-state index in [0.717, 1.165) is 0 Å². The van der Waals surface area contributed by atoms with E-state index >= 15 is 0 Å². The summed E-state index contributed by atoms with van der Waals surface area (Å²) >= 11 is 0. The molecule has 1 atom stereocenters. The Balaban J connectivity index is 3.10. The first kappa shape index (κ1) is 8.96. The van der Waals surface area contributed by atoms with Crippen LogP contribution in [0.15, 0.2) is 18.5 Å². The van der Waals surface area contributed by atoms with E-state index in [4.69, 9.17) is 11.5 Å². The van der Waals surface area contributed by atoms with Crippen LogP contribution in [0.3, 0.4) is 0 Å². The maximum Gasteiger partial charge on any atom is 0.102 e. The number of hydrogen-bond acceptors (Lipinski definition) is 4. The number of aromatic nitrogens is 1. The van der Waals surface area contributed by atoms with Gasteiger partial charge in [-0.15, -0.1) is 0 Å². The minimum absolute atomic E-state index is 0.128. The molecule has 4 nitrogen and oxygen atoms in total. The molecule has 0 fully saturated rings. The summed E-state index contributed by atoms with van der Waals surface area (Å²) < 4.78 is 0. The Morgan fingerprint density at radius 1 is 1.67 bits per heavy atom. The fourth-order valence-corrected chi connectivity index (χ4v) is 0.965. The van der Waals surface area contributed by atoms with E-state index in [1.165, 1.54) is 6.20 Å². The lowest BCUT2D eigenvalue weighted by molar-refractivity contribution is 0.0673. The van der Waals surface area contributed by atoms with E-state index in [1.54, 1.807) is 19.2 Å². The van der Waals surface area contributed by atoms with Crippen molar-refractivity contribution in [3.8, 4) is 0 Å². The number of hydrogen-bond donors (Lipinski definition) is 3. The van der Waals surface area contributed by atoms with Crippen LogP contribution in [0.4, 0.5) is 5.69 Å². The second-order valence-electron chi connectivity index (χ2n) is 2.94. The molecule has 0 aliphatic heterocycles. The molecule has 4 heteroatoms. The highest BCUT2D eigenvalue weighted by atomic mass is 16.3. The Labute approximate surface area is 71.2 Å². The van der Waals surface area contributed by atoms with Crippen molar-refractivity contribution in [2.45, 2.75) is 12.5 Å². The first-order valence-electron chi connectivity index (χ1n) is 3.70. The maximum atomic E-state index is 9.73. The van der Waals surface area contributed by atoms with Crippen LogP contribution in [0.2, 0.25) is 0 Å². The van der Waals surface area contributed by atoms with Crippen LogP contribution in [0.1, 0.15) is 12.5 Å². The average Bonchev–Trinajstić information content (AvgIpc) is 2.05. The lowest BCUT2D eigenvalue weighted by Gasteiger charge is -2.22. The standard InChI is InChI=1S/C8H13N3O/c1-8(12,5-9)6-4-11-3-2-7(6)10/h2-4,12H,5,9H2,1H3,(H2,10,11). The molecule has 0 amide bonds. The largest absolute Gasteiger partial charge is 0.398 e. The zero-order valence-corrected chi connectivity index (χ0v) is 6.99. The molecule has 0 aromatic carbocycles. The van der Waals surface area contributed by atoms with Gasteiger partial charge in [-0.05, 0) is 13.0 Å². The summed E-state index contributed by atoms with van der Waals surface area (Å²) in [4.78, 5) is 3.86. The van der Waals surface area contributed by atoms with Gasteiger partial charge in [-0.3, -0.25) is 4.98 Å². The van der Waals surface area contributed by atoms with Crippen LogP contribution >= 0.6 is 0 Å². The zero-order valence-electron chi connectivity index (χ0n) is 6.99. The van der Waals surface area contributed by atoms with E-state index in [9.17, 15) is 5.11 Å². The second-order valence-corrected chi connectivity index (χ2v) is 2.94. The minimum Gasteiger partial charge on any atom is -0.398 e. The van der Waals surface area contributed by atoms with Crippen LogP contribution < -0.4 is 11.5 Å². The van der Waals surface area contributed by atoms with Gasteiger partial charge in [-0.1, -0.05) is 0 Å². The second kappa shape index (κ2) is 3.08. The van der Waals surface area contributed by atoms with E-state index in [0.29, 0.717) is 11.3 Å². The topological polar surface area (TPSA) is 85.2 Å². The predicted molar refractivity (Wildman–Crippen MR) is 47.3 cm³/mol. The van der Waals surface area contributed by atoms with Gasteiger partial charge in [0.15, 0.2) is 0 Å². The van der Waals surface area contributed by atoms with E-state index in [2.05, 4.69) is 4.98 Å². The van der Waals surface area contributed by atoms with Gasteiger partial charge in [-0.2, -0.15) is 0 Å². The Bertz CT molecular complexity index is 273. The Hall–Kier alpha value is -1.13. The lowest BCUT2D eigenvalue weighted by atomic mass is 9.97. The molecule has 1 unspecified atom stereocenters. The number of rotatable bonds is 2. The fourth-order valence-electron chi connectivity index (χ4n) is 0.965. The number of nitrogen functional groups attached to an aromatic ring is 1. The summed E-state index contributed by atoms with van der Waals surface area (Å²) in [5, 5.41) is 9.73. The summed E-state index contributed by atoms with van der Waals surface area (Å²) in [6.07, 6.45) is 3.10. The molecule has 1 heterocycles. The van der Waals surface area contributed by atoms with Crippen molar-refractivity contribution >= 4 is 5.69 Å². The maximum absolute atomic E-state index is 9.73. The van der Waals surface area contributed by atoms with E-state index in [1.807, 2.05) is 0 Å². The highest BCUT2D eigenvalue weighted by Crippen LogP contribution is 2.23. The van der Waals surface area contributed by atoms with Gasteiger partial charge < -0.3 is 16.6 Å². The van der Waals surface area contributed by atoms with Gasteiger partial charge in [0, 0.05) is 30.2 Å².